The molecule has 0 bridgehead atoms. The highest BCUT2D eigenvalue weighted by atomic mass is 35.5. The van der Waals surface area contributed by atoms with Crippen molar-refractivity contribution in [3.05, 3.63) is 63.1 Å². The zero-order chi connectivity index (χ0) is 19.4. The van der Waals surface area contributed by atoms with Crippen LogP contribution in [0.5, 0.6) is 0 Å². The summed E-state index contributed by atoms with van der Waals surface area (Å²) in [7, 11) is 2.11. The molecule has 3 rings (SSSR count). The molecule has 1 aliphatic heterocycles. The molecule has 1 fully saturated rings. The van der Waals surface area contributed by atoms with Crippen LogP contribution >= 0.6 is 34.8 Å². The molecule has 0 saturated carbocycles. The van der Waals surface area contributed by atoms with Crippen molar-refractivity contribution in [1.82, 2.24) is 4.90 Å². The van der Waals surface area contributed by atoms with Crippen LogP contribution in [-0.2, 0) is 4.79 Å². The Kier molecular flexibility index (Phi) is 6.66. The second-order valence-electron chi connectivity index (χ2n) is 6.44. The smallest absolute Gasteiger partial charge is 0.248 e. The first kappa shape index (κ1) is 20.0. The number of nitrogens with one attached hydrogen (secondary N) is 1. The van der Waals surface area contributed by atoms with Crippen molar-refractivity contribution in [3.8, 4) is 0 Å². The van der Waals surface area contributed by atoms with Gasteiger partial charge in [0.05, 0.1) is 10.7 Å². The lowest BCUT2D eigenvalue weighted by atomic mass is 10.2. The molecule has 0 atom stereocenters. The van der Waals surface area contributed by atoms with E-state index in [9.17, 15) is 4.79 Å². The molecule has 0 radical (unpaired) electrons. The van der Waals surface area contributed by atoms with Crippen molar-refractivity contribution in [2.75, 3.05) is 43.4 Å². The van der Waals surface area contributed by atoms with Crippen LogP contribution < -0.4 is 10.2 Å². The summed E-state index contributed by atoms with van der Waals surface area (Å²) in [5.74, 6) is -0.260. The number of hydrogen-bond acceptors (Lipinski definition) is 3. The van der Waals surface area contributed by atoms with Gasteiger partial charge >= 0.3 is 0 Å². The molecule has 1 heterocycles. The fraction of sp³-hybridized carbons (Fsp3) is 0.250. The van der Waals surface area contributed by atoms with E-state index in [4.69, 9.17) is 34.8 Å². The highest BCUT2D eigenvalue weighted by Crippen LogP contribution is 2.29. The Morgan fingerprint density at radius 3 is 2.41 bits per heavy atom. The number of hydrogen-bond donors (Lipinski definition) is 1. The van der Waals surface area contributed by atoms with Gasteiger partial charge in [-0.3, -0.25) is 4.79 Å². The number of carbonyl (C=O) groups excluding carboxylic acids is 1. The Hall–Kier alpha value is -1.72. The normalized spacial score (nSPS) is 15.3. The number of rotatable bonds is 4. The molecule has 142 valence electrons. The zero-order valence-corrected chi connectivity index (χ0v) is 17.2. The summed E-state index contributed by atoms with van der Waals surface area (Å²) in [6.45, 7) is 3.89. The van der Waals surface area contributed by atoms with E-state index in [1.165, 1.54) is 6.08 Å². The minimum Gasteiger partial charge on any atom is -0.368 e. The van der Waals surface area contributed by atoms with Gasteiger partial charge in [0.2, 0.25) is 5.91 Å². The van der Waals surface area contributed by atoms with E-state index in [1.54, 1.807) is 30.3 Å². The van der Waals surface area contributed by atoms with Gasteiger partial charge in [-0.25, -0.2) is 0 Å². The third kappa shape index (κ3) is 5.39. The van der Waals surface area contributed by atoms with Crippen LogP contribution in [0.3, 0.4) is 0 Å². The van der Waals surface area contributed by atoms with Crippen LogP contribution in [0, 0.1) is 0 Å². The summed E-state index contributed by atoms with van der Waals surface area (Å²) in [5, 5.41) is 4.49. The second-order valence-corrected chi connectivity index (χ2v) is 7.70. The molecule has 2 aromatic carbocycles. The summed E-state index contributed by atoms with van der Waals surface area (Å²) in [6.07, 6.45) is 3.08. The Morgan fingerprint density at radius 1 is 1.00 bits per heavy atom. The van der Waals surface area contributed by atoms with Crippen LogP contribution in [0.25, 0.3) is 6.08 Å². The van der Waals surface area contributed by atoms with Crippen molar-refractivity contribution >= 4 is 58.2 Å². The van der Waals surface area contributed by atoms with Gasteiger partial charge < -0.3 is 15.1 Å². The molecular formula is C20H20Cl3N3O. The van der Waals surface area contributed by atoms with Gasteiger partial charge in [-0.15, -0.1) is 0 Å². The molecule has 1 amide bonds. The van der Waals surface area contributed by atoms with Crippen LogP contribution in [0.2, 0.25) is 15.1 Å². The molecule has 0 unspecified atom stereocenters. The number of anilines is 2. The maximum Gasteiger partial charge on any atom is 0.248 e. The molecule has 7 heteroatoms. The monoisotopic (exact) mass is 423 g/mol. The first-order chi connectivity index (χ1) is 12.9. The molecule has 0 spiro atoms. The maximum atomic E-state index is 12.2. The third-order valence-electron chi connectivity index (χ3n) is 4.44. The predicted octanol–water partition coefficient (Wildman–Crippen LogP) is 5.05. The SMILES string of the molecule is CN1CCN(c2ccc(NC(=O)/C=C/c3ccc(Cl)cc3Cl)cc2Cl)CC1. The standard InChI is InChI=1S/C20H20Cl3N3O/c1-25-8-10-26(11-9-25)19-6-5-16(13-18(19)23)24-20(27)7-3-14-2-4-15(21)12-17(14)22/h2-7,12-13H,8-11H2,1H3,(H,24,27)/b7-3+. The van der Waals surface area contributed by atoms with Crippen LogP contribution in [0.15, 0.2) is 42.5 Å². The average molecular weight is 425 g/mol. The highest BCUT2D eigenvalue weighted by Gasteiger charge is 2.16. The van der Waals surface area contributed by atoms with Crippen LogP contribution in [-0.4, -0.2) is 44.0 Å². The fourth-order valence-electron chi connectivity index (χ4n) is 2.87. The maximum absolute atomic E-state index is 12.2. The largest absolute Gasteiger partial charge is 0.368 e. The van der Waals surface area contributed by atoms with Crippen LogP contribution in [0.4, 0.5) is 11.4 Å². The lowest BCUT2D eigenvalue weighted by Crippen LogP contribution is -2.44. The van der Waals surface area contributed by atoms with Gasteiger partial charge in [-0.2, -0.15) is 0 Å². The summed E-state index contributed by atoms with van der Waals surface area (Å²) < 4.78 is 0. The number of nitrogens with zero attached hydrogens (tertiary/aromatic N) is 2. The Bertz CT molecular complexity index is 862. The number of amides is 1. The number of benzene rings is 2. The van der Waals surface area contributed by atoms with E-state index in [1.807, 2.05) is 12.1 Å². The summed E-state index contributed by atoms with van der Waals surface area (Å²) in [4.78, 5) is 16.7. The third-order valence-corrected chi connectivity index (χ3v) is 5.30. The van der Waals surface area contributed by atoms with Gasteiger partial charge in [0.15, 0.2) is 0 Å². The summed E-state index contributed by atoms with van der Waals surface area (Å²) in [6, 6.07) is 10.7. The van der Waals surface area contributed by atoms with Gasteiger partial charge in [-0.1, -0.05) is 40.9 Å². The molecule has 1 N–H and O–H groups in total. The van der Waals surface area contributed by atoms with Crippen molar-refractivity contribution in [3.63, 3.8) is 0 Å². The first-order valence-electron chi connectivity index (χ1n) is 8.59. The van der Waals surface area contributed by atoms with Gasteiger partial charge in [0, 0.05) is 48.0 Å². The summed E-state index contributed by atoms with van der Waals surface area (Å²) >= 11 is 18.4. The highest BCUT2D eigenvalue weighted by molar-refractivity contribution is 6.35. The van der Waals surface area contributed by atoms with Gasteiger partial charge in [-0.05, 0) is 49.0 Å². The summed E-state index contributed by atoms with van der Waals surface area (Å²) in [5.41, 5.74) is 2.36. The van der Waals surface area contributed by atoms with E-state index in [0.29, 0.717) is 20.8 Å². The minimum atomic E-state index is -0.260. The number of likely N-dealkylation sites (N-methyl/N-ethyl adjacent to an activating group) is 1. The molecule has 0 aliphatic carbocycles. The number of carbonyl (C=O) groups is 1. The predicted molar refractivity (Wildman–Crippen MR) is 115 cm³/mol. The molecule has 1 saturated heterocycles. The van der Waals surface area contributed by atoms with E-state index in [0.717, 1.165) is 37.4 Å². The van der Waals surface area contributed by atoms with Crippen molar-refractivity contribution in [2.24, 2.45) is 0 Å². The molecule has 4 nitrogen and oxygen atoms in total. The van der Waals surface area contributed by atoms with E-state index >= 15 is 0 Å². The molecule has 2 aromatic rings. The molecule has 1 aliphatic rings. The topological polar surface area (TPSA) is 35.6 Å². The Balaban J connectivity index is 1.64. The Labute approximate surface area is 174 Å². The van der Waals surface area contributed by atoms with Crippen molar-refractivity contribution < 1.29 is 4.79 Å². The second kappa shape index (κ2) is 8.98. The van der Waals surface area contributed by atoms with Gasteiger partial charge in [0.1, 0.15) is 0 Å². The number of halogens is 3. The Morgan fingerprint density at radius 2 is 1.74 bits per heavy atom. The van der Waals surface area contributed by atoms with E-state index in [-0.39, 0.29) is 5.91 Å². The van der Waals surface area contributed by atoms with Crippen molar-refractivity contribution in [1.29, 1.82) is 0 Å². The number of piperazine rings is 1. The van der Waals surface area contributed by atoms with Gasteiger partial charge in [0.25, 0.3) is 0 Å². The lowest BCUT2D eigenvalue weighted by Gasteiger charge is -2.34. The first-order valence-corrected chi connectivity index (χ1v) is 9.73. The molecule has 27 heavy (non-hydrogen) atoms. The van der Waals surface area contributed by atoms with Crippen LogP contribution in [0.1, 0.15) is 5.56 Å². The molecule has 0 aromatic heterocycles. The average Bonchev–Trinajstić information content (AvgIpc) is 2.62. The lowest BCUT2D eigenvalue weighted by molar-refractivity contribution is -0.111. The zero-order valence-electron chi connectivity index (χ0n) is 14.9. The minimum absolute atomic E-state index is 0.260. The van der Waals surface area contributed by atoms with E-state index < -0.39 is 0 Å². The quantitative estimate of drug-likeness (QED) is 0.698. The van der Waals surface area contributed by atoms with Crippen molar-refractivity contribution in [2.45, 2.75) is 0 Å². The fourth-order valence-corrected chi connectivity index (χ4v) is 3.65. The van der Waals surface area contributed by atoms with E-state index in [2.05, 4.69) is 22.2 Å². The molecular weight excluding hydrogens is 405 g/mol.